The van der Waals surface area contributed by atoms with Gasteiger partial charge in [0.05, 0.1) is 31.3 Å². The minimum atomic E-state index is -0.622. The number of rotatable bonds is 5. The second kappa shape index (κ2) is 5.77. The quantitative estimate of drug-likeness (QED) is 0.704. The molecule has 29 heavy (non-hydrogen) atoms. The van der Waals surface area contributed by atoms with E-state index in [2.05, 4.69) is 18.7 Å². The summed E-state index contributed by atoms with van der Waals surface area (Å²) in [5, 5.41) is 9.59. The fraction of sp³-hybridized carbons (Fsp3) is 0.773. The highest BCUT2D eigenvalue weighted by atomic mass is 16.7. The van der Waals surface area contributed by atoms with Gasteiger partial charge in [0.1, 0.15) is 11.3 Å². The number of piperidine rings is 1. The zero-order valence-corrected chi connectivity index (χ0v) is 17.3. The van der Waals surface area contributed by atoms with E-state index >= 15 is 0 Å². The van der Waals surface area contributed by atoms with E-state index < -0.39 is 18.4 Å². The number of allylic oxidation sites excluding steroid dienone is 1. The number of nitrogens with zero attached hydrogens (tertiary/aromatic N) is 1. The van der Waals surface area contributed by atoms with Crippen molar-refractivity contribution in [2.75, 3.05) is 20.3 Å². The Kier molecular flexibility index (Phi) is 3.62. The minimum absolute atomic E-state index is 0.0531. The zero-order chi connectivity index (χ0) is 20.1. The third-order valence-electron chi connectivity index (χ3n) is 8.56. The maximum atomic E-state index is 12.2. The van der Waals surface area contributed by atoms with Crippen LogP contribution < -0.4 is 0 Å². The molecule has 0 aliphatic carbocycles. The van der Waals surface area contributed by atoms with Crippen molar-refractivity contribution in [2.24, 2.45) is 17.8 Å². The summed E-state index contributed by atoms with van der Waals surface area (Å²) in [5.74, 6) is 0.712. The molecule has 8 atom stereocenters. The summed E-state index contributed by atoms with van der Waals surface area (Å²) in [5.41, 5.74) is 0.261. The van der Waals surface area contributed by atoms with Crippen LogP contribution in [-0.2, 0) is 23.7 Å². The van der Waals surface area contributed by atoms with Gasteiger partial charge in [-0.2, -0.15) is 0 Å². The first-order valence-corrected chi connectivity index (χ1v) is 11.0. The van der Waals surface area contributed by atoms with Crippen molar-refractivity contribution in [1.82, 2.24) is 4.90 Å². The predicted octanol–water partition coefficient (Wildman–Crippen LogP) is 2.06. The van der Waals surface area contributed by atoms with Gasteiger partial charge in [-0.15, -0.1) is 0 Å². The lowest BCUT2D eigenvalue weighted by atomic mass is 9.69. The number of aliphatic hydroxyl groups is 1. The Bertz CT molecular complexity index is 850. The summed E-state index contributed by atoms with van der Waals surface area (Å²) in [6.45, 7) is 5.11. The number of esters is 1. The molecule has 1 spiro atoms. The minimum Gasteiger partial charge on any atom is -0.492 e. The molecule has 1 unspecified atom stereocenters. The van der Waals surface area contributed by atoms with Crippen molar-refractivity contribution in [3.8, 4) is 0 Å². The van der Waals surface area contributed by atoms with E-state index in [1.54, 1.807) is 0 Å². The van der Waals surface area contributed by atoms with Gasteiger partial charge in [-0.25, -0.2) is 4.79 Å². The number of carbonyl (C=O) groups is 1. The molecule has 0 amide bonds. The molecule has 158 valence electrons. The van der Waals surface area contributed by atoms with Crippen molar-refractivity contribution in [1.29, 1.82) is 0 Å². The molecule has 6 rings (SSSR count). The Balaban J connectivity index is 1.46. The van der Waals surface area contributed by atoms with Gasteiger partial charge in [-0.1, -0.05) is 26.7 Å². The molecule has 0 aromatic rings. The molecule has 0 aromatic heterocycles. The van der Waals surface area contributed by atoms with Crippen LogP contribution in [0, 0.1) is 17.8 Å². The van der Waals surface area contributed by atoms with Crippen molar-refractivity contribution < 1.29 is 28.8 Å². The third-order valence-corrected chi connectivity index (χ3v) is 8.56. The van der Waals surface area contributed by atoms with E-state index in [0.717, 1.165) is 19.4 Å². The molecule has 0 saturated carbocycles. The normalized spacial score (nSPS) is 51.1. The highest BCUT2D eigenvalue weighted by Crippen LogP contribution is 2.73. The number of hydrogen-bond acceptors (Lipinski definition) is 7. The molecule has 0 aromatic carbocycles. The van der Waals surface area contributed by atoms with E-state index in [1.165, 1.54) is 26.4 Å². The second-order valence-corrected chi connectivity index (χ2v) is 9.43. The molecule has 5 fully saturated rings. The largest absolute Gasteiger partial charge is 0.492 e. The number of fused-ring (bicyclic) bond motifs is 1. The van der Waals surface area contributed by atoms with Gasteiger partial charge in [0.15, 0.2) is 5.76 Å². The lowest BCUT2D eigenvalue weighted by Gasteiger charge is -2.48. The van der Waals surface area contributed by atoms with Crippen LogP contribution in [0.25, 0.3) is 0 Å². The summed E-state index contributed by atoms with van der Waals surface area (Å²) >= 11 is 0. The lowest BCUT2D eigenvalue weighted by molar-refractivity contribution is -0.256. The maximum Gasteiger partial charge on any atom is 0.345 e. The second-order valence-electron chi connectivity index (χ2n) is 9.43. The Hall–Kier alpha value is -1.57. The van der Waals surface area contributed by atoms with Gasteiger partial charge < -0.3 is 24.1 Å². The molecule has 7 heteroatoms. The molecule has 0 radical (unpaired) electrons. The maximum absolute atomic E-state index is 12.2. The molecular formula is C22H29NO6. The molecule has 6 aliphatic heterocycles. The first-order valence-electron chi connectivity index (χ1n) is 11.0. The summed E-state index contributed by atoms with van der Waals surface area (Å²) in [7, 11) is 1.49. The van der Waals surface area contributed by atoms with Gasteiger partial charge >= 0.3 is 5.97 Å². The van der Waals surface area contributed by atoms with Gasteiger partial charge in [0.25, 0.3) is 0 Å². The lowest BCUT2D eigenvalue weighted by Crippen LogP contribution is -2.61. The Morgan fingerprint density at radius 2 is 2.21 bits per heavy atom. The summed E-state index contributed by atoms with van der Waals surface area (Å²) in [6.07, 6.45) is 5.95. The molecule has 6 aliphatic rings. The van der Waals surface area contributed by atoms with Crippen LogP contribution in [0.2, 0.25) is 0 Å². The Morgan fingerprint density at radius 3 is 2.93 bits per heavy atom. The average molecular weight is 403 g/mol. The SMILES string of the molecule is CCCC[C@@]12[C@@H]3C[C@H]4[C@H]5[C@H](C)/C(=C6/OC(=O)C(CO)=C6OC)O[C@@]5(O3)[C@@H]1CCN42. The Morgan fingerprint density at radius 1 is 1.38 bits per heavy atom. The van der Waals surface area contributed by atoms with Gasteiger partial charge in [0, 0.05) is 17.9 Å². The molecule has 5 bridgehead atoms. The van der Waals surface area contributed by atoms with Gasteiger partial charge in [-0.3, -0.25) is 4.90 Å². The van der Waals surface area contributed by atoms with E-state index in [9.17, 15) is 9.90 Å². The van der Waals surface area contributed by atoms with Crippen LogP contribution in [0.4, 0.5) is 0 Å². The zero-order valence-electron chi connectivity index (χ0n) is 17.3. The number of carbonyl (C=O) groups excluding carboxylic acids is 1. The Labute approximate surface area is 170 Å². The van der Waals surface area contributed by atoms with Crippen LogP contribution in [0.3, 0.4) is 0 Å². The van der Waals surface area contributed by atoms with E-state index in [4.69, 9.17) is 18.9 Å². The molecule has 5 saturated heterocycles. The third kappa shape index (κ3) is 1.85. The van der Waals surface area contributed by atoms with Crippen LogP contribution in [0.5, 0.6) is 0 Å². The number of methoxy groups -OCH3 is 1. The predicted molar refractivity (Wildman–Crippen MR) is 101 cm³/mol. The summed E-state index contributed by atoms with van der Waals surface area (Å²) in [6, 6.07) is 0.446. The monoisotopic (exact) mass is 403 g/mol. The number of cyclic esters (lactones) is 1. The van der Waals surface area contributed by atoms with E-state index in [1.807, 2.05) is 0 Å². The summed E-state index contributed by atoms with van der Waals surface area (Å²) < 4.78 is 24.5. The van der Waals surface area contributed by atoms with Gasteiger partial charge in [0.2, 0.25) is 11.5 Å². The van der Waals surface area contributed by atoms with Crippen molar-refractivity contribution >= 4 is 5.97 Å². The molecular weight excluding hydrogens is 374 g/mol. The first kappa shape index (κ1) is 18.2. The van der Waals surface area contributed by atoms with Gasteiger partial charge in [-0.05, 0) is 25.8 Å². The average Bonchev–Trinajstić information content (AvgIpc) is 3.42. The van der Waals surface area contributed by atoms with Crippen LogP contribution in [0.15, 0.2) is 22.9 Å². The van der Waals surface area contributed by atoms with Crippen LogP contribution >= 0.6 is 0 Å². The molecule has 1 N–H and O–H groups in total. The molecule has 7 nitrogen and oxygen atoms in total. The van der Waals surface area contributed by atoms with Crippen LogP contribution in [0.1, 0.15) is 46.0 Å². The van der Waals surface area contributed by atoms with Crippen LogP contribution in [-0.4, -0.2) is 59.7 Å². The molecule has 6 heterocycles. The fourth-order valence-corrected chi connectivity index (χ4v) is 7.69. The van der Waals surface area contributed by atoms with Crippen molar-refractivity contribution in [3.05, 3.63) is 22.9 Å². The van der Waals surface area contributed by atoms with E-state index in [-0.39, 0.29) is 29.1 Å². The summed E-state index contributed by atoms with van der Waals surface area (Å²) in [4.78, 5) is 15.0. The fourth-order valence-electron chi connectivity index (χ4n) is 7.69. The topological polar surface area (TPSA) is 77.5 Å². The number of aliphatic hydroxyl groups excluding tert-OH is 1. The number of ether oxygens (including phenoxy) is 4. The smallest absolute Gasteiger partial charge is 0.345 e. The highest BCUT2D eigenvalue weighted by molar-refractivity contribution is 5.94. The van der Waals surface area contributed by atoms with E-state index in [0.29, 0.717) is 29.2 Å². The van der Waals surface area contributed by atoms with Crippen molar-refractivity contribution in [3.63, 3.8) is 0 Å². The standard InChI is InChI=1S/C22H29NO6/c1-4-5-7-21-14-6-8-23(21)13-9-15(21)28-22(14)16(13)11(2)17(29-22)19-18(26-3)12(10-24)20(25)27-19/h11,13-16,24H,4-10H2,1-3H3/b19-17-/t11-,13-,14+,15-,16+,21-,22-/m0/s1. The first-order chi connectivity index (χ1) is 14.0. The number of hydrogen-bond donors (Lipinski definition) is 1. The van der Waals surface area contributed by atoms with Crippen molar-refractivity contribution in [2.45, 2.75) is 69.4 Å². The number of unbranched alkanes of at least 4 members (excludes halogenated alkanes) is 1. The highest BCUT2D eigenvalue weighted by Gasteiger charge is 2.84.